The fraction of sp³-hybridized carbons (Fsp3) is 0.323. The highest BCUT2D eigenvalue weighted by Gasteiger charge is 2.38. The molecular weight excluding hydrogens is 494 g/mol. The van der Waals surface area contributed by atoms with Crippen LogP contribution in [0.1, 0.15) is 52.6 Å². The second kappa shape index (κ2) is 12.4. The van der Waals surface area contributed by atoms with Crippen LogP contribution in [0.5, 0.6) is 5.75 Å². The third kappa shape index (κ3) is 7.51. The highest BCUT2D eigenvalue weighted by molar-refractivity contribution is 6.01. The van der Waals surface area contributed by atoms with E-state index >= 15 is 0 Å². The van der Waals surface area contributed by atoms with Crippen molar-refractivity contribution in [2.45, 2.75) is 58.7 Å². The SMILES string of the molecule is C#CN(C(=O)C(NC(=O)OC(C)(C)C)C(C)CC)C(C(=O)Nc1ccc2ccccc2c1)c1ccc(O)cc1. The molecule has 0 spiro atoms. The van der Waals surface area contributed by atoms with Crippen molar-refractivity contribution in [3.8, 4) is 18.2 Å². The first-order valence-corrected chi connectivity index (χ1v) is 12.8. The number of amides is 3. The van der Waals surface area contributed by atoms with E-state index in [0.29, 0.717) is 17.7 Å². The zero-order valence-electron chi connectivity index (χ0n) is 22.9. The van der Waals surface area contributed by atoms with Crippen LogP contribution in [0.4, 0.5) is 10.5 Å². The van der Waals surface area contributed by atoms with Gasteiger partial charge in [-0.25, -0.2) is 4.79 Å². The molecule has 3 N–H and O–H groups in total. The van der Waals surface area contributed by atoms with Crippen LogP contribution in [0.15, 0.2) is 66.7 Å². The van der Waals surface area contributed by atoms with Crippen LogP contribution in [0.2, 0.25) is 0 Å². The Kier molecular flexibility index (Phi) is 9.20. The van der Waals surface area contributed by atoms with Crippen molar-refractivity contribution >= 4 is 34.4 Å². The lowest BCUT2D eigenvalue weighted by molar-refractivity contribution is -0.137. The first-order chi connectivity index (χ1) is 18.4. The maximum atomic E-state index is 13.9. The summed E-state index contributed by atoms with van der Waals surface area (Å²) >= 11 is 0. The molecule has 3 rings (SSSR count). The molecule has 204 valence electrons. The average molecular weight is 530 g/mol. The van der Waals surface area contributed by atoms with E-state index in [9.17, 15) is 19.5 Å². The number of hydrogen-bond donors (Lipinski definition) is 3. The Morgan fingerprint density at radius 1 is 1.03 bits per heavy atom. The first-order valence-electron chi connectivity index (χ1n) is 12.8. The van der Waals surface area contributed by atoms with Gasteiger partial charge < -0.3 is 20.5 Å². The molecule has 0 fully saturated rings. The highest BCUT2D eigenvalue weighted by Crippen LogP contribution is 2.27. The van der Waals surface area contributed by atoms with Gasteiger partial charge in [0, 0.05) is 11.7 Å². The van der Waals surface area contributed by atoms with Crippen molar-refractivity contribution < 1.29 is 24.2 Å². The first kappa shape index (κ1) is 29.1. The minimum absolute atomic E-state index is 0.00454. The number of phenols is 1. The third-order valence-electron chi connectivity index (χ3n) is 6.26. The van der Waals surface area contributed by atoms with Gasteiger partial charge in [-0.2, -0.15) is 0 Å². The van der Waals surface area contributed by atoms with Crippen LogP contribution in [-0.4, -0.2) is 39.6 Å². The molecule has 3 aromatic carbocycles. The fourth-order valence-corrected chi connectivity index (χ4v) is 4.08. The number of alkyl carbamates (subject to hydrolysis) is 1. The number of anilines is 1. The summed E-state index contributed by atoms with van der Waals surface area (Å²) in [5.74, 6) is -1.51. The normalized spacial score (nSPS) is 13.4. The minimum atomic E-state index is -1.25. The van der Waals surface area contributed by atoms with Gasteiger partial charge in [-0.05, 0) is 67.3 Å². The second-order valence-electron chi connectivity index (χ2n) is 10.4. The summed E-state index contributed by atoms with van der Waals surface area (Å²) < 4.78 is 5.37. The van der Waals surface area contributed by atoms with Crippen molar-refractivity contribution in [3.05, 3.63) is 72.3 Å². The zero-order chi connectivity index (χ0) is 28.7. The molecule has 8 nitrogen and oxygen atoms in total. The number of nitrogens with one attached hydrogen (secondary N) is 2. The molecule has 3 amide bonds. The molecule has 0 bridgehead atoms. The molecule has 3 atom stereocenters. The minimum Gasteiger partial charge on any atom is -0.508 e. The summed E-state index contributed by atoms with van der Waals surface area (Å²) in [6.45, 7) is 8.85. The standard InChI is InChI=1S/C31H35N3O5/c1-7-20(3)26(33-30(38)39-31(4,5)6)29(37)34(8-2)27(22-14-17-25(35)18-15-22)28(36)32-24-16-13-21-11-9-10-12-23(21)19-24/h2,9-20,26-27,35H,7H2,1,3-6H3,(H,32,36)(H,33,38). The van der Waals surface area contributed by atoms with E-state index in [0.717, 1.165) is 15.7 Å². The summed E-state index contributed by atoms with van der Waals surface area (Å²) in [5.41, 5.74) is 0.141. The number of benzene rings is 3. The van der Waals surface area contributed by atoms with E-state index in [-0.39, 0.29) is 11.7 Å². The summed E-state index contributed by atoms with van der Waals surface area (Å²) in [4.78, 5) is 41.2. The number of phenolic OH excluding ortho intramolecular Hbond substituents is 1. The van der Waals surface area contributed by atoms with Gasteiger partial charge in [-0.15, -0.1) is 0 Å². The van der Waals surface area contributed by atoms with E-state index in [1.165, 1.54) is 24.3 Å². The lowest BCUT2D eigenvalue weighted by Crippen LogP contribution is -2.53. The molecule has 3 aromatic rings. The predicted molar refractivity (Wildman–Crippen MR) is 152 cm³/mol. The average Bonchev–Trinajstić information content (AvgIpc) is 2.89. The van der Waals surface area contributed by atoms with Gasteiger partial charge in [0.1, 0.15) is 23.4 Å². The van der Waals surface area contributed by atoms with Gasteiger partial charge >= 0.3 is 6.09 Å². The lowest BCUT2D eigenvalue weighted by atomic mass is 9.96. The molecule has 0 aliphatic carbocycles. The number of carbonyl (C=O) groups excluding carboxylic acids is 3. The van der Waals surface area contributed by atoms with Gasteiger partial charge in [0.05, 0.1) is 0 Å². The topological polar surface area (TPSA) is 108 Å². The molecule has 0 aliphatic rings. The molecule has 0 heterocycles. The Balaban J connectivity index is 1.98. The van der Waals surface area contributed by atoms with E-state index in [2.05, 4.69) is 16.7 Å². The van der Waals surface area contributed by atoms with Crippen molar-refractivity contribution in [1.82, 2.24) is 10.2 Å². The number of terminal acetylenes is 1. The van der Waals surface area contributed by atoms with Crippen LogP contribution in [-0.2, 0) is 14.3 Å². The predicted octanol–water partition coefficient (Wildman–Crippen LogP) is 5.58. The molecule has 0 radical (unpaired) electrons. The van der Waals surface area contributed by atoms with Gasteiger partial charge in [-0.3, -0.25) is 14.5 Å². The van der Waals surface area contributed by atoms with Crippen molar-refractivity contribution in [1.29, 1.82) is 0 Å². The van der Waals surface area contributed by atoms with Crippen LogP contribution < -0.4 is 10.6 Å². The van der Waals surface area contributed by atoms with Crippen molar-refractivity contribution in [2.75, 3.05) is 5.32 Å². The molecule has 39 heavy (non-hydrogen) atoms. The van der Waals surface area contributed by atoms with E-state index in [1.54, 1.807) is 33.8 Å². The number of fused-ring (bicyclic) bond motifs is 1. The lowest BCUT2D eigenvalue weighted by Gasteiger charge is -2.32. The summed E-state index contributed by atoms with van der Waals surface area (Å²) in [5, 5.41) is 17.3. The van der Waals surface area contributed by atoms with Gasteiger partial charge in [0.25, 0.3) is 11.8 Å². The molecule has 0 saturated heterocycles. The largest absolute Gasteiger partial charge is 0.508 e. The van der Waals surface area contributed by atoms with Crippen LogP contribution in [0.3, 0.4) is 0 Å². The van der Waals surface area contributed by atoms with Crippen LogP contribution in [0.25, 0.3) is 10.8 Å². The van der Waals surface area contributed by atoms with E-state index in [4.69, 9.17) is 11.2 Å². The van der Waals surface area contributed by atoms with Crippen LogP contribution in [0, 0.1) is 18.4 Å². The number of hydrogen-bond acceptors (Lipinski definition) is 5. The van der Waals surface area contributed by atoms with Gasteiger partial charge in [-0.1, -0.05) is 69.2 Å². The fourth-order valence-electron chi connectivity index (χ4n) is 4.08. The molecule has 0 saturated carbocycles. The molecule has 3 unspecified atom stereocenters. The number of carbonyl (C=O) groups is 3. The maximum absolute atomic E-state index is 13.9. The maximum Gasteiger partial charge on any atom is 0.408 e. The molecular formula is C31H35N3O5. The Bertz CT molecular complexity index is 1370. The Morgan fingerprint density at radius 3 is 2.26 bits per heavy atom. The monoisotopic (exact) mass is 529 g/mol. The number of nitrogens with zero attached hydrogens (tertiary/aromatic N) is 1. The van der Waals surface area contributed by atoms with Crippen molar-refractivity contribution in [2.24, 2.45) is 5.92 Å². The summed E-state index contributed by atoms with van der Waals surface area (Å²) in [6, 6.07) is 19.1. The molecule has 0 aliphatic heterocycles. The van der Waals surface area contributed by atoms with E-state index < -0.39 is 35.6 Å². The van der Waals surface area contributed by atoms with Gasteiger partial charge in [0.2, 0.25) is 0 Å². The molecule has 0 aromatic heterocycles. The number of ether oxygens (including phenoxy) is 1. The van der Waals surface area contributed by atoms with Crippen LogP contribution >= 0.6 is 0 Å². The van der Waals surface area contributed by atoms with Gasteiger partial charge in [0.15, 0.2) is 0 Å². The number of aromatic hydroxyl groups is 1. The van der Waals surface area contributed by atoms with Crippen molar-refractivity contribution in [3.63, 3.8) is 0 Å². The third-order valence-corrected chi connectivity index (χ3v) is 6.26. The quantitative estimate of drug-likeness (QED) is 0.261. The summed E-state index contributed by atoms with van der Waals surface area (Å²) in [6.07, 6.45) is 5.63. The number of rotatable bonds is 8. The van der Waals surface area contributed by atoms with E-state index in [1.807, 2.05) is 43.3 Å². The second-order valence-corrected chi connectivity index (χ2v) is 10.4. The Labute approximate surface area is 229 Å². The Hall–Kier alpha value is -4.51. The molecule has 8 heteroatoms. The summed E-state index contributed by atoms with van der Waals surface area (Å²) in [7, 11) is 0. The smallest absolute Gasteiger partial charge is 0.408 e. The highest BCUT2D eigenvalue weighted by atomic mass is 16.6. The zero-order valence-corrected chi connectivity index (χ0v) is 22.9. The Morgan fingerprint density at radius 2 is 1.67 bits per heavy atom.